The third kappa shape index (κ3) is 2.75. The number of benzene rings is 3. The van der Waals surface area contributed by atoms with Crippen molar-refractivity contribution >= 4 is 23.1 Å². The number of fused-ring (bicyclic) bond motifs is 3. The van der Waals surface area contributed by atoms with Gasteiger partial charge in [-0.25, -0.2) is 0 Å². The lowest BCUT2D eigenvalue weighted by Crippen LogP contribution is -2.44. The van der Waals surface area contributed by atoms with Crippen molar-refractivity contribution in [2.75, 3.05) is 12.1 Å². The molecule has 3 aromatic carbocycles. The van der Waals surface area contributed by atoms with Crippen molar-refractivity contribution in [1.82, 2.24) is 4.68 Å². The summed E-state index contributed by atoms with van der Waals surface area (Å²) < 4.78 is 2.03. The van der Waals surface area contributed by atoms with E-state index in [0.29, 0.717) is 5.56 Å². The van der Waals surface area contributed by atoms with Crippen LogP contribution >= 0.6 is 0 Å². The van der Waals surface area contributed by atoms with Crippen LogP contribution in [0.1, 0.15) is 18.1 Å². The van der Waals surface area contributed by atoms with Crippen LogP contribution in [0.3, 0.4) is 0 Å². The molecule has 1 aliphatic rings. The summed E-state index contributed by atoms with van der Waals surface area (Å²) in [6.45, 7) is 2.01. The highest BCUT2D eigenvalue weighted by Gasteiger charge is 2.36. The Hall–Kier alpha value is -4.26. The average molecular weight is 430 g/mol. The minimum Gasteiger partial charge on any atom is -0.508 e. The van der Waals surface area contributed by atoms with Gasteiger partial charge >= 0.3 is 0 Å². The molecule has 0 bridgehead atoms. The van der Waals surface area contributed by atoms with Crippen LogP contribution in [0.15, 0.2) is 54.6 Å². The topological polar surface area (TPSA) is 109 Å². The minimum atomic E-state index is -0.633. The monoisotopic (exact) mass is 430 g/mol. The molecule has 0 saturated heterocycles. The van der Waals surface area contributed by atoms with Crippen LogP contribution in [0.4, 0.5) is 0 Å². The van der Waals surface area contributed by atoms with Gasteiger partial charge in [-0.05, 0) is 72.7 Å². The number of phenols is 5. The molecule has 162 valence electrons. The molecule has 32 heavy (non-hydrogen) atoms. The predicted octanol–water partition coefficient (Wildman–Crippen LogP) is 2.28. The van der Waals surface area contributed by atoms with Crippen LogP contribution in [0, 0.1) is 0 Å². The molecule has 1 aliphatic heterocycles. The molecule has 7 nitrogen and oxygen atoms in total. The number of aromatic nitrogens is 1. The molecule has 7 heteroatoms. The first-order chi connectivity index (χ1) is 15.2. The van der Waals surface area contributed by atoms with Crippen molar-refractivity contribution in [3.05, 3.63) is 76.3 Å². The van der Waals surface area contributed by atoms with E-state index >= 15 is 0 Å². The molecule has 2 heterocycles. The fourth-order valence-corrected chi connectivity index (χ4v) is 4.39. The number of nitrogens with zero attached hydrogens (tertiary/aromatic N) is 2. The lowest BCUT2D eigenvalue weighted by Gasteiger charge is -2.35. The molecule has 5 N–H and O–H groups in total. The number of hydrogen-bond donors (Lipinski definition) is 5. The predicted molar refractivity (Wildman–Crippen MR) is 122 cm³/mol. The van der Waals surface area contributed by atoms with Gasteiger partial charge in [0.05, 0.1) is 16.4 Å². The Morgan fingerprint density at radius 1 is 0.781 bits per heavy atom. The van der Waals surface area contributed by atoms with E-state index in [1.165, 1.54) is 18.2 Å². The second kappa shape index (κ2) is 6.62. The van der Waals surface area contributed by atoms with E-state index in [9.17, 15) is 25.5 Å². The van der Waals surface area contributed by atoms with Gasteiger partial charge in [-0.1, -0.05) is 12.1 Å². The Kier molecular flexibility index (Phi) is 4.07. The van der Waals surface area contributed by atoms with E-state index in [1.54, 1.807) is 30.3 Å². The maximum Gasteiger partial charge on any atom is 0.157 e. The molecule has 4 aromatic rings. The Morgan fingerprint density at radius 3 is 2.16 bits per heavy atom. The number of rotatable bonds is 2. The average Bonchev–Trinajstić information content (AvgIpc) is 3.18. The molecule has 0 aliphatic carbocycles. The SMILES string of the molecule is CN1n2c(/c(=C\c3ccc(O)c(O)c3)c3cc(O)ccc32)=CC1(C)c1ccc(O)c(O)c1. The van der Waals surface area contributed by atoms with E-state index in [-0.39, 0.29) is 28.7 Å². The number of phenolic OH excluding ortho intramolecular Hbond substituents is 5. The van der Waals surface area contributed by atoms with Crippen LogP contribution in [-0.2, 0) is 5.54 Å². The second-order valence-electron chi connectivity index (χ2n) is 8.22. The summed E-state index contributed by atoms with van der Waals surface area (Å²) in [6, 6.07) is 14.5. The first-order valence-corrected chi connectivity index (χ1v) is 10.1. The molecular formula is C25H22N2O5. The van der Waals surface area contributed by atoms with Crippen molar-refractivity contribution in [3.8, 4) is 28.7 Å². The van der Waals surface area contributed by atoms with Gasteiger partial charge in [0.2, 0.25) is 0 Å². The summed E-state index contributed by atoms with van der Waals surface area (Å²) in [7, 11) is 1.93. The zero-order valence-corrected chi connectivity index (χ0v) is 17.5. The molecule has 5 rings (SSSR count). The van der Waals surface area contributed by atoms with Gasteiger partial charge < -0.3 is 30.5 Å². The van der Waals surface area contributed by atoms with E-state index < -0.39 is 5.54 Å². The molecule has 0 fully saturated rings. The second-order valence-corrected chi connectivity index (χ2v) is 8.22. The van der Waals surface area contributed by atoms with Gasteiger partial charge in [0.25, 0.3) is 0 Å². The summed E-state index contributed by atoms with van der Waals surface area (Å²) in [5.41, 5.74) is 1.72. The van der Waals surface area contributed by atoms with Crippen LogP contribution in [0.25, 0.3) is 23.1 Å². The summed E-state index contributed by atoms with van der Waals surface area (Å²) >= 11 is 0. The Morgan fingerprint density at radius 2 is 1.47 bits per heavy atom. The summed E-state index contributed by atoms with van der Waals surface area (Å²) in [5, 5.41) is 54.1. The summed E-state index contributed by atoms with van der Waals surface area (Å²) in [4.78, 5) is 0. The Labute approximate surface area is 183 Å². The van der Waals surface area contributed by atoms with Gasteiger partial charge in [0, 0.05) is 17.7 Å². The van der Waals surface area contributed by atoms with Crippen molar-refractivity contribution in [2.24, 2.45) is 0 Å². The van der Waals surface area contributed by atoms with Crippen LogP contribution < -0.4 is 15.6 Å². The molecule has 1 atom stereocenters. The molecule has 0 saturated carbocycles. The third-order valence-electron chi connectivity index (χ3n) is 6.26. The smallest absolute Gasteiger partial charge is 0.157 e. The summed E-state index contributed by atoms with van der Waals surface area (Å²) in [6.07, 6.45) is 3.94. The van der Waals surface area contributed by atoms with Crippen LogP contribution in [0.2, 0.25) is 0 Å². The van der Waals surface area contributed by atoms with Crippen molar-refractivity contribution in [1.29, 1.82) is 0 Å². The molecule has 1 aromatic heterocycles. The van der Waals surface area contributed by atoms with E-state index in [0.717, 1.165) is 27.0 Å². The van der Waals surface area contributed by atoms with Crippen LogP contribution in [-0.4, -0.2) is 37.3 Å². The van der Waals surface area contributed by atoms with Gasteiger partial charge in [-0.15, -0.1) is 0 Å². The highest BCUT2D eigenvalue weighted by molar-refractivity contribution is 5.86. The Balaban J connectivity index is 1.83. The minimum absolute atomic E-state index is 0.138. The van der Waals surface area contributed by atoms with Gasteiger partial charge in [0.1, 0.15) is 5.75 Å². The van der Waals surface area contributed by atoms with Gasteiger partial charge in [0.15, 0.2) is 23.0 Å². The maximum absolute atomic E-state index is 10.1. The van der Waals surface area contributed by atoms with E-state index in [2.05, 4.69) is 6.08 Å². The first-order valence-electron chi connectivity index (χ1n) is 10.1. The van der Waals surface area contributed by atoms with E-state index in [4.69, 9.17) is 0 Å². The van der Waals surface area contributed by atoms with Crippen molar-refractivity contribution < 1.29 is 25.5 Å². The fraction of sp³-hybridized carbons (Fsp3) is 0.120. The van der Waals surface area contributed by atoms with Crippen molar-refractivity contribution in [2.45, 2.75) is 12.5 Å². The van der Waals surface area contributed by atoms with Crippen molar-refractivity contribution in [3.63, 3.8) is 0 Å². The largest absolute Gasteiger partial charge is 0.508 e. The van der Waals surface area contributed by atoms with Gasteiger partial charge in [-0.2, -0.15) is 0 Å². The van der Waals surface area contributed by atoms with Crippen LogP contribution in [0.5, 0.6) is 28.7 Å². The lowest BCUT2D eigenvalue weighted by atomic mass is 9.91. The Bertz CT molecular complexity index is 1520. The van der Waals surface area contributed by atoms with Gasteiger partial charge in [-0.3, -0.25) is 4.68 Å². The third-order valence-corrected chi connectivity index (χ3v) is 6.26. The molecule has 0 radical (unpaired) electrons. The fourth-order valence-electron chi connectivity index (χ4n) is 4.39. The zero-order chi connectivity index (χ0) is 22.8. The summed E-state index contributed by atoms with van der Waals surface area (Å²) in [5.74, 6) is -0.646. The number of aromatic hydroxyl groups is 5. The highest BCUT2D eigenvalue weighted by atomic mass is 16.3. The first kappa shape index (κ1) is 19.7. The quantitative estimate of drug-likeness (QED) is 0.312. The maximum atomic E-state index is 10.1. The molecule has 0 spiro atoms. The highest BCUT2D eigenvalue weighted by Crippen LogP contribution is 2.36. The lowest BCUT2D eigenvalue weighted by molar-refractivity contribution is 0.401. The molecule has 1 unspecified atom stereocenters. The molecule has 0 amide bonds. The zero-order valence-electron chi connectivity index (χ0n) is 17.5. The van der Waals surface area contributed by atoms with E-state index in [1.807, 2.05) is 35.8 Å². The number of hydrogen-bond acceptors (Lipinski definition) is 6. The normalized spacial score (nSPS) is 18.2. The molecular weight excluding hydrogens is 408 g/mol. The standard InChI is InChI=1S/C25H22N2O5/c1-25(15-4-8-22(30)24(32)11-15)13-20-17(9-14-3-7-21(29)23(31)10-14)18-12-16(28)5-6-19(18)27(20)26(25)2/h3-13,28-32H,1-2H3/b17-9-.